The highest BCUT2D eigenvalue weighted by Gasteiger charge is 2.65. The van der Waals surface area contributed by atoms with Gasteiger partial charge in [0.2, 0.25) is 0 Å². The molecule has 4 N–H and O–H groups in total. The SMILES string of the molecule is C[C@H](CO)[C@H]1[C@@H](O)[C@@H](O)[C@@H]2[C@H]3OCC4=C3[C@@](C)(CC[C@@H]4O)CC[C@]12C. The second kappa shape index (κ2) is 5.77. The molecule has 5 nitrogen and oxygen atoms in total. The molecule has 1 aliphatic heterocycles. The highest BCUT2D eigenvalue weighted by atomic mass is 16.5. The first-order chi connectivity index (χ1) is 11.7. The minimum Gasteiger partial charge on any atom is -0.396 e. The van der Waals surface area contributed by atoms with Crippen molar-refractivity contribution in [3.8, 4) is 0 Å². The van der Waals surface area contributed by atoms with Crippen LogP contribution in [0.1, 0.15) is 46.5 Å². The van der Waals surface area contributed by atoms with Gasteiger partial charge in [-0.25, -0.2) is 0 Å². The Kier molecular flexibility index (Phi) is 4.14. The molecule has 3 aliphatic carbocycles. The number of aliphatic hydroxyl groups excluding tert-OH is 4. The van der Waals surface area contributed by atoms with Crippen molar-refractivity contribution in [3.05, 3.63) is 11.1 Å². The Bertz CT molecular complexity index is 589. The molecule has 4 rings (SSSR count). The Balaban J connectivity index is 1.83. The van der Waals surface area contributed by atoms with Crippen molar-refractivity contribution in [2.45, 2.75) is 70.9 Å². The summed E-state index contributed by atoms with van der Waals surface area (Å²) in [6, 6.07) is 0. The maximum Gasteiger partial charge on any atom is 0.0863 e. The normalized spacial score (nSPS) is 53.4. The summed E-state index contributed by atoms with van der Waals surface area (Å²) in [5, 5.41) is 42.0. The summed E-state index contributed by atoms with van der Waals surface area (Å²) in [5.74, 6) is -0.423. The molecular weight excluding hydrogens is 320 g/mol. The van der Waals surface area contributed by atoms with E-state index in [0.29, 0.717) is 6.61 Å². The van der Waals surface area contributed by atoms with Gasteiger partial charge in [0.15, 0.2) is 0 Å². The summed E-state index contributed by atoms with van der Waals surface area (Å²) >= 11 is 0. The van der Waals surface area contributed by atoms with E-state index in [2.05, 4.69) is 13.8 Å². The maximum absolute atomic E-state index is 11.0. The van der Waals surface area contributed by atoms with Crippen LogP contribution < -0.4 is 0 Å². The molecule has 0 aromatic rings. The van der Waals surface area contributed by atoms with Gasteiger partial charge in [-0.05, 0) is 59.5 Å². The highest BCUT2D eigenvalue weighted by molar-refractivity contribution is 5.38. The van der Waals surface area contributed by atoms with Crippen LogP contribution in [0.3, 0.4) is 0 Å². The predicted molar refractivity (Wildman–Crippen MR) is 92.7 cm³/mol. The van der Waals surface area contributed by atoms with Gasteiger partial charge in [-0.2, -0.15) is 0 Å². The first-order valence-corrected chi connectivity index (χ1v) is 9.74. The first-order valence-electron chi connectivity index (χ1n) is 9.74. The molecule has 0 bridgehead atoms. The molecule has 0 aromatic carbocycles. The third-order valence-electron chi connectivity index (χ3n) is 8.12. The Morgan fingerprint density at radius 3 is 2.52 bits per heavy atom. The van der Waals surface area contributed by atoms with Crippen molar-refractivity contribution < 1.29 is 25.2 Å². The van der Waals surface area contributed by atoms with E-state index in [0.717, 1.165) is 31.3 Å². The minimum absolute atomic E-state index is 0.000749. The molecule has 25 heavy (non-hydrogen) atoms. The van der Waals surface area contributed by atoms with Gasteiger partial charge in [-0.3, -0.25) is 0 Å². The van der Waals surface area contributed by atoms with E-state index < -0.39 is 18.3 Å². The van der Waals surface area contributed by atoms with Crippen molar-refractivity contribution in [1.29, 1.82) is 0 Å². The van der Waals surface area contributed by atoms with E-state index in [1.807, 2.05) is 6.92 Å². The second-order valence-electron chi connectivity index (χ2n) is 9.48. The number of ether oxygens (including phenoxy) is 1. The molecule has 9 atom stereocenters. The van der Waals surface area contributed by atoms with Gasteiger partial charge in [0, 0.05) is 12.5 Å². The van der Waals surface area contributed by atoms with Gasteiger partial charge < -0.3 is 25.2 Å². The molecular formula is C20H32O5. The van der Waals surface area contributed by atoms with Gasteiger partial charge in [0.1, 0.15) is 0 Å². The maximum atomic E-state index is 11.0. The topological polar surface area (TPSA) is 90.2 Å². The Labute approximate surface area is 149 Å². The van der Waals surface area contributed by atoms with Crippen LogP contribution in [0.25, 0.3) is 0 Å². The fourth-order valence-corrected chi connectivity index (χ4v) is 6.77. The van der Waals surface area contributed by atoms with E-state index in [1.165, 1.54) is 5.57 Å². The summed E-state index contributed by atoms with van der Waals surface area (Å²) in [7, 11) is 0. The summed E-state index contributed by atoms with van der Waals surface area (Å²) in [6.45, 7) is 6.83. The third-order valence-corrected chi connectivity index (χ3v) is 8.12. The van der Waals surface area contributed by atoms with Gasteiger partial charge in [0.05, 0.1) is 31.0 Å². The predicted octanol–water partition coefficient (Wildman–Crippen LogP) is 1.24. The molecule has 0 radical (unpaired) electrons. The molecule has 142 valence electrons. The average Bonchev–Trinajstić information content (AvgIpc) is 3.06. The molecule has 2 saturated carbocycles. The van der Waals surface area contributed by atoms with E-state index in [9.17, 15) is 20.4 Å². The fraction of sp³-hybridized carbons (Fsp3) is 0.900. The zero-order valence-corrected chi connectivity index (χ0v) is 15.5. The lowest BCUT2D eigenvalue weighted by Gasteiger charge is -2.40. The van der Waals surface area contributed by atoms with E-state index in [-0.39, 0.29) is 41.3 Å². The van der Waals surface area contributed by atoms with Gasteiger partial charge in [-0.15, -0.1) is 0 Å². The van der Waals surface area contributed by atoms with Crippen molar-refractivity contribution in [1.82, 2.24) is 0 Å². The number of hydrogen-bond donors (Lipinski definition) is 4. The van der Waals surface area contributed by atoms with Crippen molar-refractivity contribution in [2.75, 3.05) is 13.2 Å². The van der Waals surface area contributed by atoms with Crippen LogP contribution >= 0.6 is 0 Å². The second-order valence-corrected chi connectivity index (χ2v) is 9.48. The molecule has 5 heteroatoms. The Hall–Kier alpha value is -0.460. The number of hydrogen-bond acceptors (Lipinski definition) is 5. The van der Waals surface area contributed by atoms with Gasteiger partial charge >= 0.3 is 0 Å². The highest BCUT2D eigenvalue weighted by Crippen LogP contribution is 2.64. The Morgan fingerprint density at radius 2 is 1.84 bits per heavy atom. The van der Waals surface area contributed by atoms with Crippen LogP contribution in [0.5, 0.6) is 0 Å². The summed E-state index contributed by atoms with van der Waals surface area (Å²) < 4.78 is 6.18. The zero-order valence-electron chi connectivity index (χ0n) is 15.5. The van der Waals surface area contributed by atoms with Crippen LogP contribution in [0.2, 0.25) is 0 Å². The number of fused-ring (bicyclic) bond motifs is 2. The molecule has 2 fully saturated rings. The summed E-state index contributed by atoms with van der Waals surface area (Å²) in [4.78, 5) is 0. The Morgan fingerprint density at radius 1 is 1.12 bits per heavy atom. The first kappa shape index (κ1) is 17.9. The number of rotatable bonds is 2. The standard InChI is InChI=1S/C20H32O5/c1-10(8-21)13-16(23)17(24)15-18-14-11(9-25-18)12(22)4-5-19(14,2)6-7-20(13,15)3/h10,12-13,15-18,21-24H,4-9H2,1-3H3/t10-,12+,13+,15-,16-,17+,18+,19+,20-/m1/s1. The summed E-state index contributed by atoms with van der Waals surface area (Å²) in [6.07, 6.45) is 1.20. The molecule has 0 unspecified atom stereocenters. The van der Waals surface area contributed by atoms with Crippen LogP contribution in [0.4, 0.5) is 0 Å². The lowest BCUT2D eigenvalue weighted by Crippen LogP contribution is -2.41. The quantitative estimate of drug-likeness (QED) is 0.562. The zero-order chi connectivity index (χ0) is 18.1. The van der Waals surface area contributed by atoms with Gasteiger partial charge in [-0.1, -0.05) is 20.8 Å². The van der Waals surface area contributed by atoms with Crippen LogP contribution in [-0.4, -0.2) is 58.1 Å². The monoisotopic (exact) mass is 352 g/mol. The van der Waals surface area contributed by atoms with E-state index >= 15 is 0 Å². The van der Waals surface area contributed by atoms with Crippen LogP contribution in [0, 0.1) is 28.6 Å². The van der Waals surface area contributed by atoms with Gasteiger partial charge in [0.25, 0.3) is 0 Å². The molecule has 4 aliphatic rings. The largest absolute Gasteiger partial charge is 0.396 e. The van der Waals surface area contributed by atoms with Crippen molar-refractivity contribution in [3.63, 3.8) is 0 Å². The van der Waals surface area contributed by atoms with Crippen molar-refractivity contribution >= 4 is 0 Å². The number of aliphatic hydroxyl groups is 4. The average molecular weight is 352 g/mol. The fourth-order valence-electron chi connectivity index (χ4n) is 6.77. The molecule has 0 amide bonds. The smallest absolute Gasteiger partial charge is 0.0863 e. The molecule has 0 aromatic heterocycles. The van der Waals surface area contributed by atoms with Crippen molar-refractivity contribution in [2.24, 2.45) is 28.6 Å². The van der Waals surface area contributed by atoms with Crippen LogP contribution in [0.15, 0.2) is 11.1 Å². The summed E-state index contributed by atoms with van der Waals surface area (Å²) in [5.41, 5.74) is 1.92. The van der Waals surface area contributed by atoms with E-state index in [4.69, 9.17) is 4.74 Å². The van der Waals surface area contributed by atoms with Crippen LogP contribution in [-0.2, 0) is 4.74 Å². The molecule has 0 saturated heterocycles. The lowest BCUT2D eigenvalue weighted by atomic mass is 9.65. The molecule has 0 spiro atoms. The van der Waals surface area contributed by atoms with E-state index in [1.54, 1.807) is 0 Å². The lowest BCUT2D eigenvalue weighted by molar-refractivity contribution is -0.0436. The third kappa shape index (κ3) is 2.26. The molecule has 1 heterocycles. The minimum atomic E-state index is -0.859.